The van der Waals surface area contributed by atoms with E-state index in [0.717, 1.165) is 0 Å². The average molecular weight is 280 g/mol. The highest BCUT2D eigenvalue weighted by molar-refractivity contribution is 7.89. The Morgan fingerprint density at radius 1 is 1.42 bits per heavy atom. The molecule has 19 heavy (non-hydrogen) atoms. The molecule has 6 heteroatoms. The minimum absolute atomic E-state index is 0.159. The molecule has 1 fully saturated rings. The van der Waals surface area contributed by atoms with Crippen molar-refractivity contribution in [2.75, 3.05) is 6.61 Å². The highest BCUT2D eigenvalue weighted by Crippen LogP contribution is 2.27. The molecule has 1 heterocycles. The summed E-state index contributed by atoms with van der Waals surface area (Å²) < 4.78 is 32.7. The van der Waals surface area contributed by atoms with Crippen LogP contribution in [-0.2, 0) is 14.8 Å². The number of rotatable bonds is 3. The van der Waals surface area contributed by atoms with Crippen LogP contribution in [-0.4, -0.2) is 26.7 Å². The van der Waals surface area contributed by atoms with Crippen LogP contribution in [0.2, 0.25) is 0 Å². The molecule has 2 unspecified atom stereocenters. The molecule has 0 amide bonds. The third-order valence-electron chi connectivity index (χ3n) is 3.55. The van der Waals surface area contributed by atoms with Crippen molar-refractivity contribution in [1.29, 1.82) is 5.26 Å². The fourth-order valence-electron chi connectivity index (χ4n) is 2.04. The second-order valence-corrected chi connectivity index (χ2v) is 6.60. The largest absolute Gasteiger partial charge is 0.376 e. The monoisotopic (exact) mass is 280 g/mol. The third-order valence-corrected chi connectivity index (χ3v) is 5.18. The van der Waals surface area contributed by atoms with E-state index in [1.54, 1.807) is 0 Å². The summed E-state index contributed by atoms with van der Waals surface area (Å²) in [5.74, 6) is 0. The first-order valence-corrected chi connectivity index (χ1v) is 7.51. The molecule has 102 valence electrons. The van der Waals surface area contributed by atoms with Crippen LogP contribution in [0.4, 0.5) is 0 Å². The molecule has 1 aromatic carbocycles. The fourth-order valence-corrected chi connectivity index (χ4v) is 3.54. The van der Waals surface area contributed by atoms with E-state index in [1.807, 2.05) is 19.9 Å². The number of nitriles is 1. The van der Waals surface area contributed by atoms with Crippen molar-refractivity contribution in [3.63, 3.8) is 0 Å². The van der Waals surface area contributed by atoms with Crippen LogP contribution in [0.3, 0.4) is 0 Å². The second-order valence-electron chi connectivity index (χ2n) is 4.92. The predicted octanol–water partition coefficient (Wildman–Crippen LogP) is 1.40. The van der Waals surface area contributed by atoms with E-state index < -0.39 is 15.6 Å². The summed E-state index contributed by atoms with van der Waals surface area (Å²) in [6.07, 6.45) is 0.476. The van der Waals surface area contributed by atoms with Gasteiger partial charge in [0.05, 0.1) is 28.2 Å². The van der Waals surface area contributed by atoms with E-state index in [-0.39, 0.29) is 11.0 Å². The molecule has 1 aliphatic rings. The number of nitrogens with one attached hydrogen (secondary N) is 1. The molecule has 0 radical (unpaired) electrons. The number of hydrogen-bond donors (Lipinski definition) is 1. The Morgan fingerprint density at radius 2 is 2.05 bits per heavy atom. The van der Waals surface area contributed by atoms with Gasteiger partial charge in [-0.15, -0.1) is 0 Å². The van der Waals surface area contributed by atoms with Crippen molar-refractivity contribution in [2.45, 2.75) is 36.8 Å². The number of benzene rings is 1. The summed E-state index contributed by atoms with van der Waals surface area (Å²) in [4.78, 5) is 0.159. The Hall–Kier alpha value is -1.42. The maximum Gasteiger partial charge on any atom is 0.241 e. The number of ether oxygens (including phenoxy) is 1. The van der Waals surface area contributed by atoms with E-state index in [0.29, 0.717) is 18.6 Å². The van der Waals surface area contributed by atoms with Crippen LogP contribution in [0.5, 0.6) is 0 Å². The summed E-state index contributed by atoms with van der Waals surface area (Å²) in [7, 11) is -3.60. The van der Waals surface area contributed by atoms with Crippen molar-refractivity contribution in [1.82, 2.24) is 4.72 Å². The molecule has 2 rings (SSSR count). The van der Waals surface area contributed by atoms with Crippen molar-refractivity contribution in [2.24, 2.45) is 0 Å². The molecular weight excluding hydrogens is 264 g/mol. The van der Waals surface area contributed by atoms with Gasteiger partial charge in [-0.3, -0.25) is 0 Å². The van der Waals surface area contributed by atoms with Gasteiger partial charge in [0.2, 0.25) is 10.0 Å². The number of hydrogen-bond acceptors (Lipinski definition) is 4. The lowest BCUT2D eigenvalue weighted by atomic mass is 9.97. The molecule has 0 aliphatic carbocycles. The Kier molecular flexibility index (Phi) is 3.63. The molecule has 1 aliphatic heterocycles. The maximum atomic E-state index is 12.3. The zero-order valence-electron chi connectivity index (χ0n) is 10.9. The molecular formula is C13H16N2O3S. The van der Waals surface area contributed by atoms with Crippen LogP contribution < -0.4 is 4.72 Å². The summed E-state index contributed by atoms with van der Waals surface area (Å²) in [5, 5.41) is 8.71. The van der Waals surface area contributed by atoms with E-state index in [4.69, 9.17) is 10.00 Å². The van der Waals surface area contributed by atoms with Crippen LogP contribution in [0, 0.1) is 11.3 Å². The maximum absolute atomic E-state index is 12.3. The Balaban J connectivity index is 2.25. The van der Waals surface area contributed by atoms with E-state index in [2.05, 4.69) is 4.72 Å². The van der Waals surface area contributed by atoms with Gasteiger partial charge < -0.3 is 4.74 Å². The molecule has 1 saturated heterocycles. The zero-order valence-corrected chi connectivity index (χ0v) is 11.7. The van der Waals surface area contributed by atoms with E-state index in [9.17, 15) is 8.42 Å². The van der Waals surface area contributed by atoms with Crippen molar-refractivity contribution in [3.05, 3.63) is 29.8 Å². The number of sulfonamides is 1. The molecule has 0 spiro atoms. The topological polar surface area (TPSA) is 79.2 Å². The van der Waals surface area contributed by atoms with Gasteiger partial charge in [0.25, 0.3) is 0 Å². The zero-order chi connectivity index (χ0) is 14.1. The molecule has 1 N–H and O–H groups in total. The van der Waals surface area contributed by atoms with Gasteiger partial charge in [-0.1, -0.05) is 0 Å². The normalized spacial score (nSPS) is 27.1. The van der Waals surface area contributed by atoms with Gasteiger partial charge in [0.15, 0.2) is 0 Å². The predicted molar refractivity (Wildman–Crippen MR) is 69.9 cm³/mol. The van der Waals surface area contributed by atoms with Gasteiger partial charge in [0, 0.05) is 6.61 Å². The summed E-state index contributed by atoms with van der Waals surface area (Å²) in [6.45, 7) is 4.24. The van der Waals surface area contributed by atoms with Crippen molar-refractivity contribution >= 4 is 10.0 Å². The summed E-state index contributed by atoms with van der Waals surface area (Å²) >= 11 is 0. The number of nitrogens with zero attached hydrogens (tertiary/aromatic N) is 1. The highest BCUT2D eigenvalue weighted by Gasteiger charge is 2.40. The van der Waals surface area contributed by atoms with Gasteiger partial charge in [-0.2, -0.15) is 5.26 Å². The van der Waals surface area contributed by atoms with Crippen LogP contribution in [0.25, 0.3) is 0 Å². The first kappa shape index (κ1) is 14.0. The van der Waals surface area contributed by atoms with Crippen molar-refractivity contribution in [3.8, 4) is 6.07 Å². The standard InChI is InChI=1S/C13H16N2O3S/c1-10-13(2,7-8-18-10)15-19(16,17)12-5-3-11(9-14)4-6-12/h3-6,10,15H,7-8H2,1-2H3. The van der Waals surface area contributed by atoms with E-state index in [1.165, 1.54) is 24.3 Å². The first-order valence-electron chi connectivity index (χ1n) is 6.03. The van der Waals surface area contributed by atoms with Gasteiger partial charge in [0.1, 0.15) is 0 Å². The molecule has 0 saturated carbocycles. The molecule has 5 nitrogen and oxygen atoms in total. The fraction of sp³-hybridized carbons (Fsp3) is 0.462. The average Bonchev–Trinajstić information content (AvgIpc) is 2.68. The lowest BCUT2D eigenvalue weighted by Crippen LogP contribution is -2.50. The SMILES string of the molecule is CC1OCCC1(C)NS(=O)(=O)c1ccc(C#N)cc1. The van der Waals surface area contributed by atoms with Gasteiger partial charge in [-0.05, 0) is 44.5 Å². The minimum atomic E-state index is -3.60. The van der Waals surface area contributed by atoms with Crippen LogP contribution >= 0.6 is 0 Å². The summed E-state index contributed by atoms with van der Waals surface area (Å²) in [6, 6.07) is 7.81. The quantitative estimate of drug-likeness (QED) is 0.907. The third kappa shape index (κ3) is 2.78. The van der Waals surface area contributed by atoms with Gasteiger partial charge >= 0.3 is 0 Å². The Bertz CT molecular complexity index is 604. The first-order chi connectivity index (χ1) is 8.87. The van der Waals surface area contributed by atoms with Crippen molar-refractivity contribution < 1.29 is 13.2 Å². The summed E-state index contributed by atoms with van der Waals surface area (Å²) in [5.41, 5.74) is -0.157. The molecule has 2 atom stereocenters. The van der Waals surface area contributed by atoms with Crippen LogP contribution in [0.15, 0.2) is 29.2 Å². The minimum Gasteiger partial charge on any atom is -0.376 e. The lowest BCUT2D eigenvalue weighted by molar-refractivity contribution is 0.0957. The lowest BCUT2D eigenvalue weighted by Gasteiger charge is -2.28. The highest BCUT2D eigenvalue weighted by atomic mass is 32.2. The van der Waals surface area contributed by atoms with E-state index >= 15 is 0 Å². The van der Waals surface area contributed by atoms with Crippen LogP contribution in [0.1, 0.15) is 25.8 Å². The molecule has 1 aromatic rings. The molecule has 0 aromatic heterocycles. The smallest absolute Gasteiger partial charge is 0.241 e. The second kappa shape index (κ2) is 4.93. The Labute approximate surface area is 113 Å². The molecule has 0 bridgehead atoms. The van der Waals surface area contributed by atoms with Gasteiger partial charge in [-0.25, -0.2) is 13.1 Å². The Morgan fingerprint density at radius 3 is 2.53 bits per heavy atom.